The van der Waals surface area contributed by atoms with Gasteiger partial charge in [-0.25, -0.2) is 8.42 Å². The highest BCUT2D eigenvalue weighted by molar-refractivity contribution is 8.00. The van der Waals surface area contributed by atoms with Crippen LogP contribution in [-0.2, 0) is 14.8 Å². The van der Waals surface area contributed by atoms with Crippen molar-refractivity contribution in [3.05, 3.63) is 24.3 Å². The first-order chi connectivity index (χ1) is 9.97. The Morgan fingerprint density at radius 1 is 1.24 bits per heavy atom. The molecular formula is C13H19N3O3S2. The second-order valence-corrected chi connectivity index (χ2v) is 7.99. The molecule has 1 aromatic rings. The third-order valence-corrected chi connectivity index (χ3v) is 6.30. The van der Waals surface area contributed by atoms with Crippen LogP contribution < -0.4 is 11.1 Å². The molecule has 0 aliphatic carbocycles. The summed E-state index contributed by atoms with van der Waals surface area (Å²) >= 11 is 1.48. The molecule has 0 bridgehead atoms. The molecule has 6 nitrogen and oxygen atoms in total. The molecule has 3 N–H and O–H groups in total. The summed E-state index contributed by atoms with van der Waals surface area (Å²) in [5.41, 5.74) is 6.29. The molecule has 1 aliphatic rings. The summed E-state index contributed by atoms with van der Waals surface area (Å²) in [6.07, 6.45) is 0.227. The van der Waals surface area contributed by atoms with E-state index in [1.807, 2.05) is 12.1 Å². The molecule has 2 rings (SSSR count). The molecule has 0 atom stereocenters. The average molecular weight is 329 g/mol. The Morgan fingerprint density at radius 3 is 2.67 bits per heavy atom. The van der Waals surface area contributed by atoms with Gasteiger partial charge in [0.05, 0.1) is 5.75 Å². The molecule has 0 radical (unpaired) electrons. The Morgan fingerprint density at radius 2 is 1.95 bits per heavy atom. The number of hydrogen-bond donors (Lipinski definition) is 2. The van der Waals surface area contributed by atoms with Gasteiger partial charge in [0.1, 0.15) is 0 Å². The summed E-state index contributed by atoms with van der Waals surface area (Å²) in [5.74, 6) is 0.448. The number of hydrogen-bond acceptors (Lipinski definition) is 5. The summed E-state index contributed by atoms with van der Waals surface area (Å²) in [6, 6.07) is 7.34. The molecule has 1 heterocycles. The van der Waals surface area contributed by atoms with E-state index < -0.39 is 10.0 Å². The summed E-state index contributed by atoms with van der Waals surface area (Å²) in [5, 5.41) is 2.67. The van der Waals surface area contributed by atoms with Crippen molar-refractivity contribution in [2.24, 2.45) is 0 Å². The predicted molar refractivity (Wildman–Crippen MR) is 84.6 cm³/mol. The Balaban J connectivity index is 1.86. The minimum atomic E-state index is -3.31. The third kappa shape index (κ3) is 4.90. The number of carbonyl (C=O) groups excluding carboxylic acids is 1. The number of nitrogen functional groups attached to an aromatic ring is 1. The van der Waals surface area contributed by atoms with Gasteiger partial charge in [0.25, 0.3) is 0 Å². The van der Waals surface area contributed by atoms with E-state index in [9.17, 15) is 13.2 Å². The number of nitrogens with two attached hydrogens (primary N) is 1. The number of anilines is 1. The summed E-state index contributed by atoms with van der Waals surface area (Å²) in [7, 11) is -3.31. The van der Waals surface area contributed by atoms with Gasteiger partial charge in [0, 0.05) is 42.4 Å². The highest BCUT2D eigenvalue weighted by atomic mass is 32.2. The van der Waals surface area contributed by atoms with Crippen molar-refractivity contribution in [3.63, 3.8) is 0 Å². The van der Waals surface area contributed by atoms with E-state index in [0.29, 0.717) is 24.5 Å². The van der Waals surface area contributed by atoms with E-state index in [4.69, 9.17) is 5.73 Å². The fourth-order valence-corrected chi connectivity index (χ4v) is 4.72. The lowest BCUT2D eigenvalue weighted by atomic mass is 10.3. The van der Waals surface area contributed by atoms with Gasteiger partial charge in [-0.3, -0.25) is 4.79 Å². The van der Waals surface area contributed by atoms with Gasteiger partial charge in [-0.2, -0.15) is 4.31 Å². The molecule has 1 saturated heterocycles. The zero-order chi connectivity index (χ0) is 15.3. The van der Waals surface area contributed by atoms with Gasteiger partial charge in [0.2, 0.25) is 15.9 Å². The van der Waals surface area contributed by atoms with Crippen LogP contribution in [0.5, 0.6) is 0 Å². The van der Waals surface area contributed by atoms with Crippen LogP contribution in [0.3, 0.4) is 0 Å². The first-order valence-electron chi connectivity index (χ1n) is 6.70. The van der Waals surface area contributed by atoms with Gasteiger partial charge in [-0.15, -0.1) is 11.8 Å². The van der Waals surface area contributed by atoms with Crippen LogP contribution in [0.1, 0.15) is 6.42 Å². The molecule has 8 heteroatoms. The molecule has 0 spiro atoms. The number of sulfonamides is 1. The number of carbonyl (C=O) groups is 1. The van der Waals surface area contributed by atoms with Crippen molar-refractivity contribution in [3.8, 4) is 0 Å². The summed E-state index contributed by atoms with van der Waals surface area (Å²) in [6.45, 7) is 0.991. The summed E-state index contributed by atoms with van der Waals surface area (Å²) < 4.78 is 25.9. The van der Waals surface area contributed by atoms with Gasteiger partial charge in [-0.1, -0.05) is 0 Å². The van der Waals surface area contributed by atoms with Crippen LogP contribution >= 0.6 is 11.8 Å². The second kappa shape index (κ2) is 7.15. The number of benzene rings is 1. The van der Waals surface area contributed by atoms with E-state index in [2.05, 4.69) is 5.32 Å². The normalized spacial score (nSPS) is 17.2. The molecular weight excluding hydrogens is 310 g/mol. The fraction of sp³-hybridized carbons (Fsp3) is 0.462. The number of nitrogens with one attached hydrogen (secondary N) is 1. The standard InChI is InChI=1S/C13H19N3O3S2/c14-11-1-3-12(4-2-11)20-9-10-21(18,19)16-7-5-13(17)15-6-8-16/h1-4H,5-10,14H2,(H,15,17). The van der Waals surface area contributed by atoms with Gasteiger partial charge >= 0.3 is 0 Å². The van der Waals surface area contributed by atoms with Crippen molar-refractivity contribution < 1.29 is 13.2 Å². The smallest absolute Gasteiger partial charge is 0.221 e. The fourth-order valence-electron chi connectivity index (χ4n) is 1.98. The molecule has 1 amide bonds. The van der Waals surface area contributed by atoms with Gasteiger partial charge in [-0.05, 0) is 24.3 Å². The van der Waals surface area contributed by atoms with Crippen LogP contribution in [0.2, 0.25) is 0 Å². The molecule has 21 heavy (non-hydrogen) atoms. The second-order valence-electron chi connectivity index (χ2n) is 4.73. The first kappa shape index (κ1) is 16.1. The number of nitrogens with zero attached hydrogens (tertiary/aromatic N) is 1. The molecule has 1 aliphatic heterocycles. The highest BCUT2D eigenvalue weighted by Gasteiger charge is 2.24. The van der Waals surface area contributed by atoms with Crippen molar-refractivity contribution in [1.82, 2.24) is 9.62 Å². The highest BCUT2D eigenvalue weighted by Crippen LogP contribution is 2.20. The van der Waals surface area contributed by atoms with E-state index in [0.717, 1.165) is 4.90 Å². The van der Waals surface area contributed by atoms with Crippen molar-refractivity contribution >= 4 is 33.4 Å². The van der Waals surface area contributed by atoms with Crippen molar-refractivity contribution in [1.29, 1.82) is 0 Å². The minimum Gasteiger partial charge on any atom is -0.399 e. The monoisotopic (exact) mass is 329 g/mol. The number of thioether (sulfide) groups is 1. The number of amides is 1. The maximum atomic E-state index is 12.2. The molecule has 0 saturated carbocycles. The van der Waals surface area contributed by atoms with E-state index in [1.165, 1.54) is 16.1 Å². The Labute approximate surface area is 129 Å². The molecule has 116 valence electrons. The maximum absolute atomic E-state index is 12.2. The van der Waals surface area contributed by atoms with Crippen LogP contribution in [-0.4, -0.2) is 49.8 Å². The van der Waals surface area contributed by atoms with Crippen LogP contribution in [0.4, 0.5) is 5.69 Å². The zero-order valence-corrected chi connectivity index (χ0v) is 13.3. The molecule has 1 fully saturated rings. The SMILES string of the molecule is Nc1ccc(SCCS(=O)(=O)N2CCNC(=O)CC2)cc1. The first-order valence-corrected chi connectivity index (χ1v) is 9.30. The quantitative estimate of drug-likeness (QED) is 0.607. The lowest BCUT2D eigenvalue weighted by molar-refractivity contribution is -0.120. The van der Waals surface area contributed by atoms with Crippen LogP contribution in [0, 0.1) is 0 Å². The molecule has 1 aromatic carbocycles. The molecule has 0 unspecified atom stereocenters. The largest absolute Gasteiger partial charge is 0.399 e. The lowest BCUT2D eigenvalue weighted by Crippen LogP contribution is -2.36. The molecule has 0 aromatic heterocycles. The van der Waals surface area contributed by atoms with E-state index in [-0.39, 0.29) is 24.6 Å². The number of rotatable bonds is 5. The van der Waals surface area contributed by atoms with E-state index in [1.54, 1.807) is 12.1 Å². The van der Waals surface area contributed by atoms with Crippen LogP contribution in [0.15, 0.2) is 29.2 Å². The Bertz CT molecular complexity index is 587. The lowest BCUT2D eigenvalue weighted by Gasteiger charge is -2.18. The Kier molecular flexibility index (Phi) is 5.49. The zero-order valence-electron chi connectivity index (χ0n) is 11.6. The van der Waals surface area contributed by atoms with Gasteiger partial charge in [0.15, 0.2) is 0 Å². The average Bonchev–Trinajstić information content (AvgIpc) is 2.66. The van der Waals surface area contributed by atoms with E-state index >= 15 is 0 Å². The van der Waals surface area contributed by atoms with Crippen LogP contribution in [0.25, 0.3) is 0 Å². The summed E-state index contributed by atoms with van der Waals surface area (Å²) in [4.78, 5) is 12.2. The predicted octanol–water partition coefficient (Wildman–Crippen LogP) is 0.513. The third-order valence-electron chi connectivity index (χ3n) is 3.16. The Hall–Kier alpha value is -1.25. The van der Waals surface area contributed by atoms with Gasteiger partial charge < -0.3 is 11.1 Å². The maximum Gasteiger partial charge on any atom is 0.221 e. The van der Waals surface area contributed by atoms with Crippen molar-refractivity contribution in [2.45, 2.75) is 11.3 Å². The topological polar surface area (TPSA) is 92.5 Å². The van der Waals surface area contributed by atoms with Crippen molar-refractivity contribution in [2.75, 3.05) is 36.9 Å². The minimum absolute atomic E-state index is 0.0657.